The van der Waals surface area contributed by atoms with Gasteiger partial charge in [-0.25, -0.2) is 14.2 Å². The van der Waals surface area contributed by atoms with Gasteiger partial charge in [0.1, 0.15) is 11.2 Å². The van der Waals surface area contributed by atoms with Gasteiger partial charge >= 0.3 is 12.2 Å². The minimum atomic E-state index is -0.773. The number of pyridine rings is 1. The number of nitrogens with zero attached hydrogens (tertiary/aromatic N) is 2. The Kier molecular flexibility index (Phi) is 5.61. The normalized spacial score (nSPS) is 13.0. The third-order valence-electron chi connectivity index (χ3n) is 3.07. The van der Waals surface area contributed by atoms with E-state index in [0.29, 0.717) is 5.39 Å². The van der Waals surface area contributed by atoms with Gasteiger partial charge in [-0.1, -0.05) is 15.9 Å². The summed E-state index contributed by atoms with van der Waals surface area (Å²) in [6, 6.07) is 7.24. The first-order chi connectivity index (χ1) is 11.9. The van der Waals surface area contributed by atoms with Crippen LogP contribution >= 0.6 is 15.9 Å². The molecule has 0 aliphatic heterocycles. The predicted molar refractivity (Wildman–Crippen MR) is 103 cm³/mol. The molecule has 0 unspecified atom stereocenters. The van der Waals surface area contributed by atoms with Gasteiger partial charge in [-0.05, 0) is 71.2 Å². The number of rotatable bonds is 0. The van der Waals surface area contributed by atoms with Crippen LogP contribution in [0.15, 0.2) is 39.9 Å². The zero-order valence-corrected chi connectivity index (χ0v) is 17.4. The number of ether oxygens (including phenoxy) is 2. The number of carbonyl (C=O) groups is 2. The number of aromatic nitrogens is 1. The summed E-state index contributed by atoms with van der Waals surface area (Å²) in [6.45, 7) is 10.6. The van der Waals surface area contributed by atoms with E-state index in [1.807, 2.05) is 12.1 Å². The fraction of sp³-hybridized carbons (Fsp3) is 0.421. The lowest BCUT2D eigenvalue weighted by Gasteiger charge is -2.20. The van der Waals surface area contributed by atoms with Gasteiger partial charge in [0.15, 0.2) is 5.49 Å². The molecule has 0 N–H and O–H groups in total. The number of hydrogen-bond acceptors (Lipinski definition) is 4. The highest BCUT2D eigenvalue weighted by molar-refractivity contribution is 9.10. The predicted octanol–water partition coefficient (Wildman–Crippen LogP) is 5.02. The lowest BCUT2D eigenvalue weighted by atomic mass is 10.2. The molecule has 0 saturated carbocycles. The van der Waals surface area contributed by atoms with Gasteiger partial charge in [-0.3, -0.25) is 0 Å². The minimum Gasteiger partial charge on any atom is -0.443 e. The quantitative estimate of drug-likeness (QED) is 0.597. The fourth-order valence-electron chi connectivity index (χ4n) is 2.17. The number of hydrogen-bond donors (Lipinski definition) is 0. The zero-order valence-electron chi connectivity index (χ0n) is 15.8. The van der Waals surface area contributed by atoms with E-state index in [4.69, 9.17) is 9.47 Å². The van der Waals surface area contributed by atoms with Crippen LogP contribution in [0.25, 0.3) is 10.8 Å². The second-order valence-corrected chi connectivity index (χ2v) is 8.73. The Hall–Kier alpha value is -2.15. The third-order valence-corrected chi connectivity index (χ3v) is 3.56. The van der Waals surface area contributed by atoms with Crippen LogP contribution in [0.2, 0.25) is 0 Å². The molecule has 140 valence electrons. The summed E-state index contributed by atoms with van der Waals surface area (Å²) in [6.07, 6.45) is 0.140. The number of carbonyl (C=O) groups excluding carboxylic acids is 2. The Morgan fingerprint density at radius 1 is 1.00 bits per heavy atom. The van der Waals surface area contributed by atoms with Gasteiger partial charge in [0.05, 0.1) is 0 Å². The largest absolute Gasteiger partial charge is 0.443 e. The maximum Gasteiger partial charge on any atom is 0.436 e. The summed E-state index contributed by atoms with van der Waals surface area (Å²) in [4.78, 5) is 28.9. The second kappa shape index (κ2) is 7.23. The molecule has 1 amide bonds. The van der Waals surface area contributed by atoms with Gasteiger partial charge in [-0.2, -0.15) is 4.99 Å². The third kappa shape index (κ3) is 5.42. The van der Waals surface area contributed by atoms with Crippen molar-refractivity contribution in [2.75, 3.05) is 0 Å². The first-order valence-corrected chi connectivity index (χ1v) is 8.97. The van der Waals surface area contributed by atoms with E-state index in [2.05, 4.69) is 20.9 Å². The molecule has 0 aliphatic rings. The molecule has 2 aromatic rings. The summed E-state index contributed by atoms with van der Waals surface area (Å²) >= 11 is 3.41. The molecule has 7 heteroatoms. The highest BCUT2D eigenvalue weighted by Crippen LogP contribution is 2.18. The molecule has 0 saturated heterocycles. The first kappa shape index (κ1) is 20.2. The van der Waals surface area contributed by atoms with E-state index in [-0.39, 0.29) is 5.49 Å². The van der Waals surface area contributed by atoms with Gasteiger partial charge in [0.25, 0.3) is 0 Å². The van der Waals surface area contributed by atoms with Crippen LogP contribution < -0.4 is 5.49 Å². The minimum absolute atomic E-state index is 0.165. The Morgan fingerprint density at radius 3 is 2.19 bits per heavy atom. The average Bonchev–Trinajstić information content (AvgIpc) is 2.43. The molecule has 0 spiro atoms. The molecular formula is C19H23BrN2O4. The molecule has 2 rings (SSSR count). The van der Waals surface area contributed by atoms with Gasteiger partial charge in [-0.15, -0.1) is 0 Å². The summed E-state index contributed by atoms with van der Waals surface area (Å²) in [5.41, 5.74) is -1.20. The van der Waals surface area contributed by atoms with Crippen molar-refractivity contribution in [3.05, 3.63) is 40.4 Å². The fourth-order valence-corrected chi connectivity index (χ4v) is 2.55. The highest BCUT2D eigenvalue weighted by Gasteiger charge is 2.20. The monoisotopic (exact) mass is 422 g/mol. The Morgan fingerprint density at radius 2 is 1.62 bits per heavy atom. The van der Waals surface area contributed by atoms with Crippen LogP contribution in [0.1, 0.15) is 41.5 Å². The Labute approximate surface area is 161 Å². The van der Waals surface area contributed by atoms with Crippen molar-refractivity contribution in [1.82, 2.24) is 4.57 Å². The van der Waals surface area contributed by atoms with Gasteiger partial charge in [0, 0.05) is 16.1 Å². The number of amides is 1. The topological polar surface area (TPSA) is 69.9 Å². The van der Waals surface area contributed by atoms with Crippen LogP contribution in [-0.2, 0) is 9.47 Å². The Bertz CT molecular complexity index is 918. The standard InChI is InChI=1S/C19H23BrN2O4/c1-18(2,3)25-16(23)21-15-14-8-7-13(20)11-12(14)9-10-22(15)17(24)26-19(4,5)6/h7-11H,1-6H3/b21-15+. The van der Waals surface area contributed by atoms with Crippen LogP contribution in [-0.4, -0.2) is 28.0 Å². The van der Waals surface area contributed by atoms with E-state index in [0.717, 1.165) is 9.86 Å². The lowest BCUT2D eigenvalue weighted by Crippen LogP contribution is -2.35. The van der Waals surface area contributed by atoms with E-state index in [9.17, 15) is 9.59 Å². The number of halogens is 1. The summed E-state index contributed by atoms with van der Waals surface area (Å²) < 4.78 is 12.8. The lowest BCUT2D eigenvalue weighted by molar-refractivity contribution is 0.0527. The highest BCUT2D eigenvalue weighted by atomic mass is 79.9. The maximum absolute atomic E-state index is 12.6. The zero-order chi connectivity index (χ0) is 19.7. The van der Waals surface area contributed by atoms with E-state index in [1.54, 1.807) is 53.7 Å². The van der Waals surface area contributed by atoms with Crippen LogP contribution in [0.4, 0.5) is 9.59 Å². The van der Waals surface area contributed by atoms with Gasteiger partial charge in [0.2, 0.25) is 0 Å². The summed E-state index contributed by atoms with van der Waals surface area (Å²) in [5, 5.41) is 1.45. The molecule has 26 heavy (non-hydrogen) atoms. The van der Waals surface area contributed by atoms with E-state index < -0.39 is 23.4 Å². The van der Waals surface area contributed by atoms with Crippen molar-refractivity contribution >= 4 is 38.9 Å². The van der Waals surface area contributed by atoms with Crippen LogP contribution in [0, 0.1) is 0 Å². The van der Waals surface area contributed by atoms with Gasteiger partial charge < -0.3 is 9.47 Å². The molecule has 0 aliphatic carbocycles. The Balaban J connectivity index is 2.67. The average molecular weight is 423 g/mol. The van der Waals surface area contributed by atoms with Crippen molar-refractivity contribution in [3.63, 3.8) is 0 Å². The van der Waals surface area contributed by atoms with Crippen LogP contribution in [0.5, 0.6) is 0 Å². The van der Waals surface area contributed by atoms with Crippen molar-refractivity contribution in [1.29, 1.82) is 0 Å². The maximum atomic E-state index is 12.6. The van der Waals surface area contributed by atoms with Crippen LogP contribution in [0.3, 0.4) is 0 Å². The molecule has 6 nitrogen and oxygen atoms in total. The second-order valence-electron chi connectivity index (χ2n) is 7.81. The number of fused-ring (bicyclic) bond motifs is 1. The first-order valence-electron chi connectivity index (χ1n) is 8.18. The van der Waals surface area contributed by atoms with Crippen molar-refractivity contribution in [2.45, 2.75) is 52.7 Å². The summed E-state index contributed by atoms with van der Waals surface area (Å²) in [7, 11) is 0. The molecule has 0 fully saturated rings. The van der Waals surface area contributed by atoms with E-state index in [1.165, 1.54) is 10.8 Å². The van der Waals surface area contributed by atoms with Crippen molar-refractivity contribution in [2.24, 2.45) is 4.99 Å². The van der Waals surface area contributed by atoms with Crippen molar-refractivity contribution in [3.8, 4) is 0 Å². The molecule has 0 atom stereocenters. The van der Waals surface area contributed by atoms with Crippen molar-refractivity contribution < 1.29 is 19.1 Å². The SMILES string of the molecule is CC(C)(C)OC(=O)/N=c1\c2ccc(Br)cc2ccn1C(=O)OC(C)(C)C. The number of benzene rings is 1. The molecule has 0 bridgehead atoms. The molecule has 1 heterocycles. The molecule has 1 aromatic heterocycles. The molecule has 1 aromatic carbocycles. The molecule has 0 radical (unpaired) electrons. The smallest absolute Gasteiger partial charge is 0.436 e. The van der Waals surface area contributed by atoms with E-state index >= 15 is 0 Å². The summed E-state index contributed by atoms with van der Waals surface area (Å²) in [5.74, 6) is 0. The molecular weight excluding hydrogens is 400 g/mol.